The van der Waals surface area contributed by atoms with Gasteiger partial charge in [-0.25, -0.2) is 0 Å². The molecular formula is C12H25N2O+. The van der Waals surface area contributed by atoms with Crippen LogP contribution in [0, 0.1) is 0 Å². The van der Waals surface area contributed by atoms with Gasteiger partial charge in [-0.15, -0.1) is 0 Å². The number of quaternary nitrogens is 1. The average molecular weight is 213 g/mol. The lowest BCUT2D eigenvalue weighted by Crippen LogP contribution is -2.60. The predicted molar refractivity (Wildman–Crippen MR) is 64.3 cm³/mol. The van der Waals surface area contributed by atoms with Crippen molar-refractivity contribution < 1.29 is 9.28 Å². The molecule has 1 atom stereocenters. The Hall–Kier alpha value is -0.830. The molecule has 0 rings (SSSR count). The van der Waals surface area contributed by atoms with Crippen LogP contribution in [0.25, 0.3) is 0 Å². The van der Waals surface area contributed by atoms with E-state index >= 15 is 0 Å². The highest BCUT2D eigenvalue weighted by atomic mass is 16.1. The van der Waals surface area contributed by atoms with E-state index in [4.69, 9.17) is 0 Å². The SMILES string of the molecule is C=CC(=O)NC(C)[N+](CC)(CC)CCC. The number of rotatable bonds is 7. The molecule has 0 aliphatic heterocycles. The molecule has 0 aliphatic rings. The molecule has 0 aliphatic carbocycles. The van der Waals surface area contributed by atoms with E-state index in [1.165, 1.54) is 6.08 Å². The molecule has 1 unspecified atom stereocenters. The second-order valence-electron chi connectivity index (χ2n) is 3.96. The largest absolute Gasteiger partial charge is 0.305 e. The molecule has 0 spiro atoms. The average Bonchev–Trinajstić information content (AvgIpc) is 2.25. The molecule has 0 radical (unpaired) electrons. The van der Waals surface area contributed by atoms with Crippen molar-refractivity contribution in [2.45, 2.75) is 40.3 Å². The fourth-order valence-corrected chi connectivity index (χ4v) is 2.13. The van der Waals surface area contributed by atoms with Crippen LogP contribution in [0.3, 0.4) is 0 Å². The van der Waals surface area contributed by atoms with Crippen molar-refractivity contribution in [3.05, 3.63) is 12.7 Å². The van der Waals surface area contributed by atoms with Gasteiger partial charge in [-0.05, 0) is 26.3 Å². The van der Waals surface area contributed by atoms with E-state index in [0.717, 1.165) is 30.5 Å². The van der Waals surface area contributed by atoms with Gasteiger partial charge < -0.3 is 9.80 Å². The lowest BCUT2D eigenvalue weighted by molar-refractivity contribution is -0.948. The van der Waals surface area contributed by atoms with Crippen molar-refractivity contribution in [1.29, 1.82) is 0 Å². The van der Waals surface area contributed by atoms with E-state index in [1.54, 1.807) is 0 Å². The number of carbonyl (C=O) groups is 1. The molecule has 0 saturated carbocycles. The molecule has 0 aromatic rings. The van der Waals surface area contributed by atoms with Crippen molar-refractivity contribution in [3.63, 3.8) is 0 Å². The number of nitrogens with one attached hydrogen (secondary N) is 1. The van der Waals surface area contributed by atoms with E-state index in [1.807, 2.05) is 0 Å². The van der Waals surface area contributed by atoms with Crippen LogP contribution in [0.15, 0.2) is 12.7 Å². The minimum absolute atomic E-state index is 0.0806. The third-order valence-electron chi connectivity index (χ3n) is 3.29. The summed E-state index contributed by atoms with van der Waals surface area (Å²) in [6.45, 7) is 15.3. The fourth-order valence-electron chi connectivity index (χ4n) is 2.13. The maximum Gasteiger partial charge on any atom is 0.247 e. The van der Waals surface area contributed by atoms with Crippen molar-refractivity contribution in [3.8, 4) is 0 Å². The first-order valence-corrected chi connectivity index (χ1v) is 5.85. The lowest BCUT2D eigenvalue weighted by Gasteiger charge is -2.42. The van der Waals surface area contributed by atoms with Gasteiger partial charge in [0.15, 0.2) is 6.17 Å². The van der Waals surface area contributed by atoms with Gasteiger partial charge in [0.2, 0.25) is 5.91 Å². The zero-order valence-corrected chi connectivity index (χ0v) is 10.5. The number of amides is 1. The molecule has 3 heteroatoms. The number of hydrogen-bond donors (Lipinski definition) is 1. The Bertz CT molecular complexity index is 210. The Labute approximate surface area is 93.7 Å². The summed E-state index contributed by atoms with van der Waals surface area (Å²) >= 11 is 0. The zero-order chi connectivity index (χ0) is 11.9. The molecule has 88 valence electrons. The molecule has 0 bridgehead atoms. The van der Waals surface area contributed by atoms with E-state index in [9.17, 15) is 4.79 Å². The molecule has 0 fully saturated rings. The van der Waals surface area contributed by atoms with Crippen LogP contribution in [0.1, 0.15) is 34.1 Å². The Morgan fingerprint density at radius 1 is 1.40 bits per heavy atom. The van der Waals surface area contributed by atoms with Crippen molar-refractivity contribution in [1.82, 2.24) is 5.32 Å². The molecule has 0 saturated heterocycles. The van der Waals surface area contributed by atoms with Crippen LogP contribution in [0.4, 0.5) is 0 Å². The maximum atomic E-state index is 11.3. The van der Waals surface area contributed by atoms with Crippen LogP contribution in [-0.4, -0.2) is 36.2 Å². The summed E-state index contributed by atoms with van der Waals surface area (Å²) in [7, 11) is 0. The van der Waals surface area contributed by atoms with E-state index in [0.29, 0.717) is 0 Å². The van der Waals surface area contributed by atoms with Crippen molar-refractivity contribution in [2.24, 2.45) is 0 Å². The quantitative estimate of drug-likeness (QED) is 0.390. The van der Waals surface area contributed by atoms with Crippen LogP contribution in [-0.2, 0) is 4.79 Å². The predicted octanol–water partition coefficient (Wildman–Crippen LogP) is 1.90. The number of carbonyl (C=O) groups excluding carboxylic acids is 1. The van der Waals surface area contributed by atoms with Gasteiger partial charge in [0.1, 0.15) is 0 Å². The molecule has 0 aromatic heterocycles. The third-order valence-corrected chi connectivity index (χ3v) is 3.29. The van der Waals surface area contributed by atoms with Crippen LogP contribution in [0.2, 0.25) is 0 Å². The van der Waals surface area contributed by atoms with Gasteiger partial charge in [0.25, 0.3) is 0 Å². The summed E-state index contributed by atoms with van der Waals surface area (Å²) < 4.78 is 0.941. The summed E-state index contributed by atoms with van der Waals surface area (Å²) in [5, 5.41) is 2.97. The first-order valence-electron chi connectivity index (χ1n) is 5.85. The van der Waals surface area contributed by atoms with Crippen molar-refractivity contribution >= 4 is 5.91 Å². The first-order chi connectivity index (χ1) is 7.06. The molecule has 3 nitrogen and oxygen atoms in total. The maximum absolute atomic E-state index is 11.3. The topological polar surface area (TPSA) is 29.1 Å². The van der Waals surface area contributed by atoms with Gasteiger partial charge in [-0.1, -0.05) is 13.5 Å². The highest BCUT2D eigenvalue weighted by molar-refractivity contribution is 5.86. The van der Waals surface area contributed by atoms with Gasteiger partial charge >= 0.3 is 0 Å². The Morgan fingerprint density at radius 2 is 1.93 bits per heavy atom. The second-order valence-corrected chi connectivity index (χ2v) is 3.96. The van der Waals surface area contributed by atoms with Gasteiger partial charge in [0.05, 0.1) is 19.6 Å². The van der Waals surface area contributed by atoms with Crippen LogP contribution < -0.4 is 5.32 Å². The molecular weight excluding hydrogens is 188 g/mol. The zero-order valence-electron chi connectivity index (χ0n) is 10.5. The normalized spacial score (nSPS) is 13.3. The highest BCUT2D eigenvalue weighted by Crippen LogP contribution is 2.12. The van der Waals surface area contributed by atoms with Gasteiger partial charge in [-0.3, -0.25) is 4.79 Å². The smallest absolute Gasteiger partial charge is 0.247 e. The summed E-state index contributed by atoms with van der Waals surface area (Å²) in [4.78, 5) is 11.3. The van der Waals surface area contributed by atoms with E-state index in [-0.39, 0.29) is 12.1 Å². The van der Waals surface area contributed by atoms with Crippen LogP contribution in [0.5, 0.6) is 0 Å². The summed E-state index contributed by atoms with van der Waals surface area (Å²) in [5.74, 6) is -0.0806. The summed E-state index contributed by atoms with van der Waals surface area (Å²) in [5.41, 5.74) is 0. The first kappa shape index (κ1) is 14.2. The van der Waals surface area contributed by atoms with E-state index in [2.05, 4.69) is 39.6 Å². The summed E-state index contributed by atoms with van der Waals surface area (Å²) in [6, 6.07) is 0. The van der Waals surface area contributed by atoms with E-state index < -0.39 is 0 Å². The molecule has 15 heavy (non-hydrogen) atoms. The third kappa shape index (κ3) is 3.67. The molecule has 0 aromatic carbocycles. The highest BCUT2D eigenvalue weighted by Gasteiger charge is 2.30. The minimum Gasteiger partial charge on any atom is -0.305 e. The van der Waals surface area contributed by atoms with Crippen LogP contribution >= 0.6 is 0 Å². The van der Waals surface area contributed by atoms with Gasteiger partial charge in [0, 0.05) is 6.92 Å². The monoisotopic (exact) mass is 213 g/mol. The Balaban J connectivity index is 4.59. The minimum atomic E-state index is -0.0806. The molecule has 1 N–H and O–H groups in total. The lowest BCUT2D eigenvalue weighted by atomic mass is 10.2. The Morgan fingerprint density at radius 3 is 2.27 bits per heavy atom. The molecule has 1 amide bonds. The van der Waals surface area contributed by atoms with Crippen molar-refractivity contribution in [2.75, 3.05) is 19.6 Å². The summed E-state index contributed by atoms with van der Waals surface area (Å²) in [6.07, 6.45) is 2.63. The number of nitrogens with zero attached hydrogens (tertiary/aromatic N) is 1. The van der Waals surface area contributed by atoms with Gasteiger partial charge in [-0.2, -0.15) is 0 Å². The molecule has 0 heterocycles. The Kier molecular flexibility index (Phi) is 6.25. The standard InChI is InChI=1S/C12H24N2O/c1-6-10-14(8-3,9-4)11(5)13-12(15)7-2/h7,11H,2,6,8-10H2,1,3-5H3/p+1. The second kappa shape index (κ2) is 6.62. The number of hydrogen-bond acceptors (Lipinski definition) is 1. The fraction of sp³-hybridized carbons (Fsp3) is 0.750.